The molecular weight excluding hydrogens is 214 g/mol. The number of rotatable bonds is 5. The quantitative estimate of drug-likeness (QED) is 0.833. The van der Waals surface area contributed by atoms with Crippen LogP contribution in [0.5, 0.6) is 0 Å². The molecule has 0 spiro atoms. The summed E-state index contributed by atoms with van der Waals surface area (Å²) in [6, 6.07) is 4.19. The van der Waals surface area contributed by atoms with Crippen LogP contribution in [0.15, 0.2) is 18.3 Å². The molecule has 1 aromatic heterocycles. The van der Waals surface area contributed by atoms with Gasteiger partial charge in [0, 0.05) is 38.6 Å². The molecule has 1 aliphatic heterocycles. The number of hydrogen-bond donors (Lipinski definition) is 1. The normalized spacial score (nSPS) is 20.2. The lowest BCUT2D eigenvalue weighted by Crippen LogP contribution is -2.36. The first-order valence-corrected chi connectivity index (χ1v) is 6.34. The fraction of sp³-hybridized carbons (Fsp3) is 0.615. The molecule has 0 aliphatic carbocycles. The van der Waals surface area contributed by atoms with Crippen LogP contribution < -0.4 is 5.32 Å². The monoisotopic (exact) mass is 235 g/mol. The maximum Gasteiger partial charge on any atom is 0.239 e. The first-order valence-electron chi connectivity index (χ1n) is 6.34. The molecule has 17 heavy (non-hydrogen) atoms. The molecule has 0 bridgehead atoms. The molecule has 1 atom stereocenters. The zero-order valence-corrected chi connectivity index (χ0v) is 10.6. The summed E-state index contributed by atoms with van der Waals surface area (Å²) < 4.78 is 2.25. The van der Waals surface area contributed by atoms with Crippen molar-refractivity contribution in [2.45, 2.75) is 38.9 Å². The number of amides is 1. The summed E-state index contributed by atoms with van der Waals surface area (Å²) in [7, 11) is 1.86. The third-order valence-corrected chi connectivity index (χ3v) is 3.35. The van der Waals surface area contributed by atoms with Crippen LogP contribution in [-0.4, -0.2) is 35.0 Å². The molecule has 1 unspecified atom stereocenters. The van der Waals surface area contributed by atoms with Crippen LogP contribution in [0.1, 0.15) is 25.5 Å². The number of carbonyl (C=O) groups is 1. The minimum absolute atomic E-state index is 0.00461. The van der Waals surface area contributed by atoms with Crippen molar-refractivity contribution >= 4 is 5.91 Å². The van der Waals surface area contributed by atoms with Crippen molar-refractivity contribution in [3.8, 4) is 0 Å². The molecule has 0 radical (unpaired) electrons. The second-order valence-corrected chi connectivity index (χ2v) is 4.67. The van der Waals surface area contributed by atoms with Gasteiger partial charge in [0.25, 0.3) is 0 Å². The summed E-state index contributed by atoms with van der Waals surface area (Å²) in [5.41, 5.74) is 1.26. The fourth-order valence-corrected chi connectivity index (χ4v) is 2.31. The predicted molar refractivity (Wildman–Crippen MR) is 67.6 cm³/mol. The van der Waals surface area contributed by atoms with E-state index in [1.54, 1.807) is 4.90 Å². The van der Waals surface area contributed by atoms with Crippen LogP contribution in [0.3, 0.4) is 0 Å². The Labute approximate surface area is 103 Å². The van der Waals surface area contributed by atoms with E-state index in [9.17, 15) is 4.79 Å². The molecule has 1 fully saturated rings. The molecule has 1 amide bonds. The topological polar surface area (TPSA) is 37.3 Å². The van der Waals surface area contributed by atoms with Crippen molar-refractivity contribution in [3.05, 3.63) is 24.0 Å². The molecule has 2 heterocycles. The average molecular weight is 235 g/mol. The number of likely N-dealkylation sites (N-methyl/N-ethyl adjacent to an activating group) is 1. The van der Waals surface area contributed by atoms with Gasteiger partial charge in [-0.2, -0.15) is 0 Å². The zero-order chi connectivity index (χ0) is 12.3. The van der Waals surface area contributed by atoms with E-state index in [0.717, 1.165) is 32.5 Å². The van der Waals surface area contributed by atoms with E-state index in [1.165, 1.54) is 5.69 Å². The average Bonchev–Trinajstić information content (AvgIpc) is 2.87. The number of hydrogen-bond acceptors (Lipinski definition) is 2. The summed E-state index contributed by atoms with van der Waals surface area (Å²) in [6.07, 6.45) is 4.15. The number of aryl methyl sites for hydroxylation is 1. The summed E-state index contributed by atoms with van der Waals surface area (Å²) in [5.74, 6) is 0.221. The highest BCUT2D eigenvalue weighted by molar-refractivity contribution is 5.83. The second-order valence-electron chi connectivity index (χ2n) is 4.67. The summed E-state index contributed by atoms with van der Waals surface area (Å²) in [6.45, 7) is 4.86. The standard InChI is InChI=1S/C13H21N3O/c1-3-7-16-8-4-5-11(16)10-14-12-6-9-15(2)13(12)17/h4-5,8,12,14H,3,6-7,9-10H2,1-2H3. The van der Waals surface area contributed by atoms with Crippen molar-refractivity contribution in [2.75, 3.05) is 13.6 Å². The van der Waals surface area contributed by atoms with E-state index >= 15 is 0 Å². The molecule has 0 saturated carbocycles. The van der Waals surface area contributed by atoms with Crippen molar-refractivity contribution in [3.63, 3.8) is 0 Å². The Kier molecular flexibility index (Phi) is 3.84. The molecule has 1 saturated heterocycles. The first kappa shape index (κ1) is 12.2. The van der Waals surface area contributed by atoms with Crippen LogP contribution in [0.2, 0.25) is 0 Å². The molecule has 1 N–H and O–H groups in total. The van der Waals surface area contributed by atoms with Gasteiger partial charge in [-0.3, -0.25) is 4.79 Å². The first-order chi connectivity index (χ1) is 8.22. The molecule has 94 valence electrons. The van der Waals surface area contributed by atoms with Crippen molar-refractivity contribution in [1.29, 1.82) is 0 Å². The van der Waals surface area contributed by atoms with Gasteiger partial charge in [0.2, 0.25) is 5.91 Å². The van der Waals surface area contributed by atoms with E-state index in [0.29, 0.717) is 0 Å². The molecule has 0 aromatic carbocycles. The number of nitrogens with one attached hydrogen (secondary N) is 1. The van der Waals surface area contributed by atoms with Crippen LogP contribution in [0.25, 0.3) is 0 Å². The van der Waals surface area contributed by atoms with Crippen molar-refractivity contribution in [2.24, 2.45) is 0 Å². The third kappa shape index (κ3) is 2.69. The smallest absolute Gasteiger partial charge is 0.239 e. The Balaban J connectivity index is 1.89. The Morgan fingerprint density at radius 2 is 2.35 bits per heavy atom. The summed E-state index contributed by atoms with van der Waals surface area (Å²) >= 11 is 0. The van der Waals surface area contributed by atoms with Crippen molar-refractivity contribution < 1.29 is 4.79 Å². The van der Waals surface area contributed by atoms with Crippen LogP contribution >= 0.6 is 0 Å². The molecule has 4 heteroatoms. The van der Waals surface area contributed by atoms with E-state index in [2.05, 4.69) is 35.1 Å². The molecule has 2 rings (SSSR count). The predicted octanol–water partition coefficient (Wildman–Crippen LogP) is 1.22. The Morgan fingerprint density at radius 3 is 3.00 bits per heavy atom. The summed E-state index contributed by atoms with van der Waals surface area (Å²) in [5, 5.41) is 3.35. The number of aromatic nitrogens is 1. The lowest BCUT2D eigenvalue weighted by atomic mass is 10.2. The minimum atomic E-state index is 0.00461. The van der Waals surface area contributed by atoms with E-state index in [1.807, 2.05) is 7.05 Å². The highest BCUT2D eigenvalue weighted by Crippen LogP contribution is 2.10. The largest absolute Gasteiger partial charge is 0.350 e. The molecular formula is C13H21N3O. The highest BCUT2D eigenvalue weighted by atomic mass is 16.2. The second kappa shape index (κ2) is 5.36. The maximum absolute atomic E-state index is 11.7. The minimum Gasteiger partial charge on any atom is -0.350 e. The van der Waals surface area contributed by atoms with Gasteiger partial charge in [-0.25, -0.2) is 0 Å². The number of carbonyl (C=O) groups excluding carboxylic acids is 1. The van der Waals surface area contributed by atoms with Gasteiger partial charge in [-0.15, -0.1) is 0 Å². The Bertz CT molecular complexity index is 386. The molecule has 1 aromatic rings. The zero-order valence-electron chi connectivity index (χ0n) is 10.6. The molecule has 4 nitrogen and oxygen atoms in total. The maximum atomic E-state index is 11.7. The van der Waals surface area contributed by atoms with Gasteiger partial charge in [0.15, 0.2) is 0 Å². The van der Waals surface area contributed by atoms with Gasteiger partial charge >= 0.3 is 0 Å². The van der Waals surface area contributed by atoms with Gasteiger partial charge < -0.3 is 14.8 Å². The van der Waals surface area contributed by atoms with E-state index < -0.39 is 0 Å². The number of likely N-dealkylation sites (tertiary alicyclic amines) is 1. The van der Waals surface area contributed by atoms with Crippen molar-refractivity contribution in [1.82, 2.24) is 14.8 Å². The van der Waals surface area contributed by atoms with E-state index in [-0.39, 0.29) is 11.9 Å². The molecule has 1 aliphatic rings. The van der Waals surface area contributed by atoms with Gasteiger partial charge in [-0.05, 0) is 25.0 Å². The van der Waals surface area contributed by atoms with Crippen LogP contribution in [-0.2, 0) is 17.9 Å². The lowest BCUT2D eigenvalue weighted by Gasteiger charge is -2.13. The summed E-state index contributed by atoms with van der Waals surface area (Å²) in [4.78, 5) is 13.5. The SMILES string of the molecule is CCCn1cccc1CNC1CCN(C)C1=O. The van der Waals surface area contributed by atoms with Gasteiger partial charge in [0.1, 0.15) is 0 Å². The van der Waals surface area contributed by atoms with E-state index in [4.69, 9.17) is 0 Å². The third-order valence-electron chi connectivity index (χ3n) is 3.35. The lowest BCUT2D eigenvalue weighted by molar-refractivity contribution is -0.128. The van der Waals surface area contributed by atoms with Gasteiger partial charge in [-0.1, -0.05) is 6.92 Å². The fourth-order valence-electron chi connectivity index (χ4n) is 2.31. The number of nitrogens with zero attached hydrogens (tertiary/aromatic N) is 2. The van der Waals surface area contributed by atoms with Crippen LogP contribution in [0.4, 0.5) is 0 Å². The Hall–Kier alpha value is -1.29. The van der Waals surface area contributed by atoms with Gasteiger partial charge in [0.05, 0.1) is 6.04 Å². The highest BCUT2D eigenvalue weighted by Gasteiger charge is 2.28. The van der Waals surface area contributed by atoms with Crippen LogP contribution in [0, 0.1) is 0 Å². The Morgan fingerprint density at radius 1 is 1.53 bits per heavy atom.